The zero-order valence-corrected chi connectivity index (χ0v) is 10.1. The Hall–Kier alpha value is -0.900. The van der Waals surface area contributed by atoms with Crippen LogP contribution < -0.4 is 5.32 Å². The minimum atomic E-state index is -0.325. The zero-order chi connectivity index (χ0) is 11.9. The molecule has 0 aromatic carbocycles. The van der Waals surface area contributed by atoms with Crippen molar-refractivity contribution in [3.05, 3.63) is 0 Å². The molecule has 1 N–H and O–H groups in total. The maximum atomic E-state index is 11.1. The molecule has 0 rings (SSSR count). The van der Waals surface area contributed by atoms with E-state index in [2.05, 4.69) is 5.32 Å². The van der Waals surface area contributed by atoms with Crippen molar-refractivity contribution in [1.29, 1.82) is 0 Å². The Kier molecular flexibility index (Phi) is 6.17. The van der Waals surface area contributed by atoms with Crippen LogP contribution in [0.25, 0.3) is 0 Å². The summed E-state index contributed by atoms with van der Waals surface area (Å²) >= 11 is 0. The molecule has 0 unspecified atom stereocenters. The molecule has 0 saturated heterocycles. The Morgan fingerprint density at radius 3 is 2.33 bits per heavy atom. The first-order valence-corrected chi connectivity index (χ1v) is 5.27. The number of rotatable bonds is 6. The summed E-state index contributed by atoms with van der Waals surface area (Å²) in [6, 6.07) is 0. The van der Waals surface area contributed by atoms with E-state index in [9.17, 15) is 9.59 Å². The van der Waals surface area contributed by atoms with Crippen LogP contribution in [0, 0.1) is 0 Å². The van der Waals surface area contributed by atoms with E-state index in [0.717, 1.165) is 0 Å². The van der Waals surface area contributed by atoms with Crippen molar-refractivity contribution in [2.75, 3.05) is 13.2 Å². The molecule has 0 aliphatic carbocycles. The largest absolute Gasteiger partial charge is 0.458 e. The van der Waals surface area contributed by atoms with Gasteiger partial charge in [0.05, 0.1) is 6.42 Å². The summed E-state index contributed by atoms with van der Waals surface area (Å²) in [5.41, 5.74) is -0.000478. The van der Waals surface area contributed by atoms with Crippen LogP contribution in [0.4, 0.5) is 0 Å². The van der Waals surface area contributed by atoms with Gasteiger partial charge in [0, 0.05) is 18.5 Å². The van der Waals surface area contributed by atoms with Crippen molar-refractivity contribution in [3.63, 3.8) is 0 Å². The van der Waals surface area contributed by atoms with Gasteiger partial charge < -0.3 is 10.1 Å². The van der Waals surface area contributed by atoms with Gasteiger partial charge in [0.2, 0.25) is 0 Å². The Morgan fingerprint density at radius 2 is 1.87 bits per heavy atom. The van der Waals surface area contributed by atoms with Crippen molar-refractivity contribution in [2.45, 2.75) is 46.1 Å². The van der Waals surface area contributed by atoms with Gasteiger partial charge >= 0.3 is 5.97 Å². The monoisotopic (exact) mass is 215 g/mol. The van der Waals surface area contributed by atoms with Crippen LogP contribution in [0.1, 0.15) is 40.5 Å². The Labute approximate surface area is 91.4 Å². The van der Waals surface area contributed by atoms with E-state index in [-0.39, 0.29) is 23.9 Å². The van der Waals surface area contributed by atoms with Crippen LogP contribution in [0.2, 0.25) is 0 Å². The van der Waals surface area contributed by atoms with Gasteiger partial charge in [-0.05, 0) is 20.8 Å². The molecule has 88 valence electrons. The van der Waals surface area contributed by atoms with Crippen molar-refractivity contribution < 1.29 is 14.3 Å². The SMILES string of the molecule is CCC(=O)COC(=O)CCNC(C)(C)C. The molecule has 0 amide bonds. The van der Waals surface area contributed by atoms with Crippen LogP contribution >= 0.6 is 0 Å². The van der Waals surface area contributed by atoms with E-state index in [1.165, 1.54) is 0 Å². The third-order valence-electron chi connectivity index (χ3n) is 1.77. The molecule has 0 fully saturated rings. The van der Waals surface area contributed by atoms with Gasteiger partial charge in [-0.3, -0.25) is 9.59 Å². The van der Waals surface area contributed by atoms with Crippen LogP contribution in [-0.4, -0.2) is 30.4 Å². The molecule has 0 aliphatic rings. The molecule has 0 bridgehead atoms. The standard InChI is InChI=1S/C11H21NO3/c1-5-9(13)8-15-10(14)6-7-12-11(2,3)4/h12H,5-8H2,1-4H3. The fourth-order valence-corrected chi connectivity index (χ4v) is 0.875. The maximum absolute atomic E-state index is 11.1. The fraction of sp³-hybridized carbons (Fsp3) is 0.818. The van der Waals surface area contributed by atoms with E-state index in [4.69, 9.17) is 4.74 Å². The molecule has 4 nitrogen and oxygen atoms in total. The zero-order valence-electron chi connectivity index (χ0n) is 10.1. The number of carbonyl (C=O) groups excluding carboxylic acids is 2. The van der Waals surface area contributed by atoms with Crippen molar-refractivity contribution in [3.8, 4) is 0 Å². The lowest BCUT2D eigenvalue weighted by Gasteiger charge is -2.19. The summed E-state index contributed by atoms with van der Waals surface area (Å²) < 4.78 is 4.78. The molecule has 0 atom stereocenters. The maximum Gasteiger partial charge on any atom is 0.307 e. The number of carbonyl (C=O) groups is 2. The van der Waals surface area contributed by atoms with Crippen molar-refractivity contribution >= 4 is 11.8 Å². The van der Waals surface area contributed by atoms with Crippen LogP contribution in [0.5, 0.6) is 0 Å². The lowest BCUT2D eigenvalue weighted by Crippen LogP contribution is -2.37. The van der Waals surface area contributed by atoms with Gasteiger partial charge in [0.25, 0.3) is 0 Å². The van der Waals surface area contributed by atoms with Gasteiger partial charge in [0.15, 0.2) is 5.78 Å². The first-order chi connectivity index (χ1) is 6.85. The topological polar surface area (TPSA) is 55.4 Å². The molecule has 0 aromatic heterocycles. The van der Waals surface area contributed by atoms with E-state index in [1.54, 1.807) is 6.92 Å². The summed E-state index contributed by atoms with van der Waals surface area (Å²) in [4.78, 5) is 22.0. The molecule has 0 saturated carbocycles. The first-order valence-electron chi connectivity index (χ1n) is 5.27. The van der Waals surface area contributed by atoms with Crippen LogP contribution in [0.15, 0.2) is 0 Å². The van der Waals surface area contributed by atoms with Crippen LogP contribution in [-0.2, 0) is 14.3 Å². The number of hydrogen-bond acceptors (Lipinski definition) is 4. The van der Waals surface area contributed by atoms with E-state index < -0.39 is 0 Å². The van der Waals surface area contributed by atoms with Gasteiger partial charge in [0.1, 0.15) is 6.61 Å². The molecular weight excluding hydrogens is 194 g/mol. The summed E-state index contributed by atoms with van der Waals surface area (Å²) in [6.07, 6.45) is 0.710. The second-order valence-corrected chi connectivity index (χ2v) is 4.48. The Bertz CT molecular complexity index is 218. The van der Waals surface area contributed by atoms with E-state index in [0.29, 0.717) is 19.4 Å². The van der Waals surface area contributed by atoms with Crippen molar-refractivity contribution in [2.24, 2.45) is 0 Å². The van der Waals surface area contributed by atoms with Gasteiger partial charge in [-0.25, -0.2) is 0 Å². The predicted octanol–water partition coefficient (Wildman–Crippen LogP) is 1.29. The molecule has 0 aromatic rings. The highest BCUT2D eigenvalue weighted by atomic mass is 16.5. The highest BCUT2D eigenvalue weighted by molar-refractivity contribution is 5.82. The second-order valence-electron chi connectivity index (χ2n) is 4.48. The molecule has 0 aliphatic heterocycles. The lowest BCUT2D eigenvalue weighted by molar-refractivity contribution is -0.147. The molecular formula is C11H21NO3. The number of ether oxygens (including phenoxy) is 1. The minimum Gasteiger partial charge on any atom is -0.458 e. The minimum absolute atomic E-state index is 0.000478. The number of ketones is 1. The van der Waals surface area contributed by atoms with Gasteiger partial charge in [-0.2, -0.15) is 0 Å². The normalized spacial score (nSPS) is 11.2. The molecule has 4 heteroatoms. The van der Waals surface area contributed by atoms with Crippen molar-refractivity contribution in [1.82, 2.24) is 5.32 Å². The third-order valence-corrected chi connectivity index (χ3v) is 1.77. The third kappa shape index (κ3) is 9.41. The quantitative estimate of drug-likeness (QED) is 0.678. The second kappa shape index (κ2) is 6.56. The Balaban J connectivity index is 3.54. The number of nitrogens with one attached hydrogen (secondary N) is 1. The average Bonchev–Trinajstić information content (AvgIpc) is 2.12. The van der Waals surface area contributed by atoms with E-state index >= 15 is 0 Å². The molecule has 0 radical (unpaired) electrons. The fourth-order valence-electron chi connectivity index (χ4n) is 0.875. The number of hydrogen-bond donors (Lipinski definition) is 1. The van der Waals surface area contributed by atoms with Gasteiger partial charge in [-0.15, -0.1) is 0 Å². The molecule has 15 heavy (non-hydrogen) atoms. The summed E-state index contributed by atoms with van der Waals surface area (Å²) in [6.45, 7) is 8.31. The average molecular weight is 215 g/mol. The summed E-state index contributed by atoms with van der Waals surface area (Å²) in [5, 5.41) is 3.17. The molecule has 0 spiro atoms. The highest BCUT2D eigenvalue weighted by Crippen LogP contribution is 1.98. The predicted molar refractivity (Wildman–Crippen MR) is 58.6 cm³/mol. The highest BCUT2D eigenvalue weighted by Gasteiger charge is 2.10. The number of esters is 1. The van der Waals surface area contributed by atoms with Gasteiger partial charge in [-0.1, -0.05) is 6.92 Å². The number of Topliss-reactive ketones (excluding diaryl/α,β-unsaturated/α-hetero) is 1. The lowest BCUT2D eigenvalue weighted by atomic mass is 10.1. The summed E-state index contributed by atoms with van der Waals surface area (Å²) in [7, 11) is 0. The Morgan fingerprint density at radius 1 is 1.27 bits per heavy atom. The molecule has 0 heterocycles. The smallest absolute Gasteiger partial charge is 0.307 e. The van der Waals surface area contributed by atoms with E-state index in [1.807, 2.05) is 20.8 Å². The summed E-state index contributed by atoms with van der Waals surface area (Å²) in [5.74, 6) is -0.374. The van der Waals surface area contributed by atoms with Crippen LogP contribution in [0.3, 0.4) is 0 Å². The first kappa shape index (κ1) is 14.1.